The molecule has 23 heavy (non-hydrogen) atoms. The minimum Gasteiger partial charge on any atom is -0.493 e. The van der Waals surface area contributed by atoms with Crippen molar-refractivity contribution in [3.63, 3.8) is 0 Å². The summed E-state index contributed by atoms with van der Waals surface area (Å²) in [6, 6.07) is 16.4. The van der Waals surface area contributed by atoms with E-state index in [2.05, 4.69) is 54.0 Å². The second-order valence-electron chi connectivity index (χ2n) is 6.12. The van der Waals surface area contributed by atoms with E-state index in [9.17, 15) is 0 Å². The lowest BCUT2D eigenvalue weighted by molar-refractivity contribution is 0.284. The number of hydrogen-bond acceptors (Lipinski definition) is 2. The lowest BCUT2D eigenvalue weighted by Crippen LogP contribution is -2.13. The van der Waals surface area contributed by atoms with Gasteiger partial charge in [0.05, 0.1) is 7.11 Å². The van der Waals surface area contributed by atoms with Crippen molar-refractivity contribution in [3.8, 4) is 11.5 Å². The first-order valence-corrected chi connectivity index (χ1v) is 9.15. The third-order valence-electron chi connectivity index (χ3n) is 4.10. The first kappa shape index (κ1) is 17.9. The van der Waals surface area contributed by atoms with Crippen molar-refractivity contribution < 1.29 is 9.47 Å². The zero-order valence-corrected chi connectivity index (χ0v) is 15.7. The maximum absolute atomic E-state index is 5.99. The third kappa shape index (κ3) is 5.28. The Morgan fingerprint density at radius 3 is 2.30 bits per heavy atom. The zero-order valence-electron chi connectivity index (χ0n) is 14.1. The molecule has 124 valence electrons. The monoisotopic (exact) mass is 376 g/mol. The molecule has 2 rings (SSSR count). The van der Waals surface area contributed by atoms with E-state index in [0.717, 1.165) is 28.8 Å². The Hall–Kier alpha value is -1.48. The summed E-state index contributed by atoms with van der Waals surface area (Å²) >= 11 is 3.63. The van der Waals surface area contributed by atoms with Crippen LogP contribution in [0.5, 0.6) is 11.5 Å². The average molecular weight is 377 g/mol. The van der Waals surface area contributed by atoms with Gasteiger partial charge < -0.3 is 9.47 Å². The molecule has 0 aromatic heterocycles. The van der Waals surface area contributed by atoms with Gasteiger partial charge in [0.25, 0.3) is 0 Å². The Bertz CT molecular complexity index is 596. The normalized spacial score (nSPS) is 12.2. The molecule has 0 N–H and O–H groups in total. The van der Waals surface area contributed by atoms with Crippen LogP contribution in [0.25, 0.3) is 0 Å². The van der Waals surface area contributed by atoms with Crippen LogP contribution in [0.4, 0.5) is 0 Å². The second kappa shape index (κ2) is 8.97. The van der Waals surface area contributed by atoms with Gasteiger partial charge in [-0.2, -0.15) is 0 Å². The van der Waals surface area contributed by atoms with E-state index in [4.69, 9.17) is 9.47 Å². The first-order chi connectivity index (χ1) is 11.1. The molecule has 0 aliphatic heterocycles. The smallest absolute Gasteiger partial charge is 0.161 e. The minimum atomic E-state index is 0.548. The van der Waals surface area contributed by atoms with Crippen molar-refractivity contribution in [2.75, 3.05) is 12.4 Å². The van der Waals surface area contributed by atoms with E-state index in [-0.39, 0.29) is 0 Å². The van der Waals surface area contributed by atoms with E-state index in [0.29, 0.717) is 18.4 Å². The molecule has 2 nitrogen and oxygen atoms in total. The molecule has 0 spiro atoms. The fourth-order valence-electron chi connectivity index (χ4n) is 2.47. The number of methoxy groups -OCH3 is 1. The Balaban J connectivity index is 2.12. The predicted octanol–water partition coefficient (Wildman–Crippen LogP) is 5.48. The largest absolute Gasteiger partial charge is 0.493 e. The highest BCUT2D eigenvalue weighted by Gasteiger charge is 2.14. The molecule has 0 amide bonds. The van der Waals surface area contributed by atoms with Crippen molar-refractivity contribution in [1.82, 2.24) is 0 Å². The van der Waals surface area contributed by atoms with Crippen LogP contribution >= 0.6 is 15.9 Å². The zero-order chi connectivity index (χ0) is 16.7. The van der Waals surface area contributed by atoms with Gasteiger partial charge in [-0.1, -0.05) is 66.2 Å². The van der Waals surface area contributed by atoms with Crippen LogP contribution in [0.1, 0.15) is 25.0 Å². The summed E-state index contributed by atoms with van der Waals surface area (Å²) in [4.78, 5) is 0. The molecule has 1 atom stereocenters. The predicted molar refractivity (Wildman–Crippen MR) is 99.6 cm³/mol. The fraction of sp³-hybridized carbons (Fsp3) is 0.400. The van der Waals surface area contributed by atoms with Crippen molar-refractivity contribution in [2.45, 2.75) is 26.9 Å². The number of ether oxygens (including phenoxy) is 2. The van der Waals surface area contributed by atoms with Gasteiger partial charge >= 0.3 is 0 Å². The molecule has 0 saturated carbocycles. The number of halogens is 1. The summed E-state index contributed by atoms with van der Waals surface area (Å²) in [5.74, 6) is 2.85. The summed E-state index contributed by atoms with van der Waals surface area (Å²) in [5, 5.41) is 1.01. The SMILES string of the molecule is COc1ccc(C[C@@H](CBr)C(C)C)cc1OCc1ccccc1. The summed E-state index contributed by atoms with van der Waals surface area (Å²) in [6.45, 7) is 5.08. The van der Waals surface area contributed by atoms with Crippen LogP contribution in [0.3, 0.4) is 0 Å². The van der Waals surface area contributed by atoms with E-state index in [1.165, 1.54) is 5.56 Å². The highest BCUT2D eigenvalue weighted by molar-refractivity contribution is 9.09. The maximum atomic E-state index is 5.99. The molecular weight excluding hydrogens is 352 g/mol. The second-order valence-corrected chi connectivity index (χ2v) is 6.77. The van der Waals surface area contributed by atoms with Crippen LogP contribution in [-0.4, -0.2) is 12.4 Å². The van der Waals surface area contributed by atoms with Gasteiger partial charge in [0.1, 0.15) is 6.61 Å². The summed E-state index contributed by atoms with van der Waals surface area (Å²) in [7, 11) is 1.68. The van der Waals surface area contributed by atoms with Gasteiger partial charge in [-0.25, -0.2) is 0 Å². The number of hydrogen-bond donors (Lipinski definition) is 0. The van der Waals surface area contributed by atoms with E-state index >= 15 is 0 Å². The highest BCUT2D eigenvalue weighted by Crippen LogP contribution is 2.31. The van der Waals surface area contributed by atoms with Crippen LogP contribution < -0.4 is 9.47 Å². The quantitative estimate of drug-likeness (QED) is 0.567. The molecule has 0 aliphatic rings. The Morgan fingerprint density at radius 2 is 1.70 bits per heavy atom. The number of rotatable bonds is 8. The standard InChI is InChI=1S/C20H25BrO2/c1-15(2)18(13-21)11-17-9-10-19(22-3)20(12-17)23-14-16-7-5-4-6-8-16/h4-10,12,15,18H,11,13-14H2,1-3H3/t18-/m0/s1. The molecule has 0 aliphatic carbocycles. The summed E-state index contributed by atoms with van der Waals surface area (Å²) < 4.78 is 11.4. The first-order valence-electron chi connectivity index (χ1n) is 8.03. The van der Waals surface area contributed by atoms with Crippen LogP contribution in [-0.2, 0) is 13.0 Å². The van der Waals surface area contributed by atoms with Crippen molar-refractivity contribution >= 4 is 15.9 Å². The number of alkyl halides is 1. The average Bonchev–Trinajstić information content (AvgIpc) is 2.58. The highest BCUT2D eigenvalue weighted by atomic mass is 79.9. The third-order valence-corrected chi connectivity index (χ3v) is 4.94. The van der Waals surface area contributed by atoms with E-state index in [1.54, 1.807) is 7.11 Å². The molecular formula is C20H25BrO2. The van der Waals surface area contributed by atoms with Crippen molar-refractivity contribution in [1.29, 1.82) is 0 Å². The van der Waals surface area contributed by atoms with Gasteiger partial charge in [-0.3, -0.25) is 0 Å². The van der Waals surface area contributed by atoms with E-state index in [1.807, 2.05) is 24.3 Å². The minimum absolute atomic E-state index is 0.548. The van der Waals surface area contributed by atoms with Crippen LogP contribution in [0.15, 0.2) is 48.5 Å². The van der Waals surface area contributed by atoms with Gasteiger partial charge in [-0.05, 0) is 41.5 Å². The van der Waals surface area contributed by atoms with E-state index < -0.39 is 0 Å². The summed E-state index contributed by atoms with van der Waals surface area (Å²) in [6.07, 6.45) is 1.04. The Morgan fingerprint density at radius 1 is 0.957 bits per heavy atom. The molecule has 0 heterocycles. The number of benzene rings is 2. The lowest BCUT2D eigenvalue weighted by Gasteiger charge is -2.19. The summed E-state index contributed by atoms with van der Waals surface area (Å²) in [5.41, 5.74) is 2.44. The van der Waals surface area contributed by atoms with Gasteiger partial charge in [0.2, 0.25) is 0 Å². The lowest BCUT2D eigenvalue weighted by atomic mass is 9.91. The molecule has 0 bridgehead atoms. The van der Waals surface area contributed by atoms with Gasteiger partial charge in [-0.15, -0.1) is 0 Å². The molecule has 0 saturated heterocycles. The molecule has 0 unspecified atom stereocenters. The molecule has 0 fully saturated rings. The molecule has 2 aromatic rings. The van der Waals surface area contributed by atoms with Gasteiger partial charge in [0.15, 0.2) is 11.5 Å². The van der Waals surface area contributed by atoms with Crippen molar-refractivity contribution in [2.24, 2.45) is 11.8 Å². The molecule has 0 radical (unpaired) electrons. The Kier molecular flexibility index (Phi) is 6.97. The molecule has 3 heteroatoms. The van der Waals surface area contributed by atoms with Crippen LogP contribution in [0.2, 0.25) is 0 Å². The Labute approximate surface area is 148 Å². The topological polar surface area (TPSA) is 18.5 Å². The fourth-order valence-corrected chi connectivity index (χ4v) is 3.44. The molecule has 2 aromatic carbocycles. The van der Waals surface area contributed by atoms with Crippen molar-refractivity contribution in [3.05, 3.63) is 59.7 Å². The maximum Gasteiger partial charge on any atom is 0.161 e. The van der Waals surface area contributed by atoms with Crippen LogP contribution in [0, 0.1) is 11.8 Å². The van der Waals surface area contributed by atoms with Gasteiger partial charge in [0, 0.05) is 5.33 Å².